The number of ether oxygens (including phenoxy) is 1. The van der Waals surface area contributed by atoms with Crippen LogP contribution in [0.1, 0.15) is 31.2 Å². The van der Waals surface area contributed by atoms with E-state index in [1.165, 1.54) is 17.0 Å². The van der Waals surface area contributed by atoms with Crippen molar-refractivity contribution in [3.05, 3.63) is 23.5 Å². The molecule has 3 heterocycles. The van der Waals surface area contributed by atoms with Crippen LogP contribution in [0.4, 0.5) is 14.5 Å². The maximum Gasteiger partial charge on any atom is 0.291 e. The van der Waals surface area contributed by atoms with E-state index < -0.39 is 27.0 Å². The molecule has 2 aromatic heterocycles. The normalized spacial score (nSPS) is 21.7. The third kappa shape index (κ3) is 4.66. The van der Waals surface area contributed by atoms with Crippen molar-refractivity contribution in [3.63, 3.8) is 0 Å². The van der Waals surface area contributed by atoms with Crippen LogP contribution in [0.25, 0.3) is 16.2 Å². The first kappa shape index (κ1) is 24.9. The quantitative estimate of drug-likeness (QED) is 0.441. The Balaban J connectivity index is 1.64. The standard InChI is InChI=1S/C21H24F2N8O3S2/c1-12-7-30(8-13(26-12)9-34-2)15-5-14(36(32,33)29-21(10-24)3-4-21)6-16-17(15)25-11-31(16)20-28-27-19(35-20)18(22)23/h5-6,11-13,18,26,29H,3-4,7-9H2,1-2H3/t12-,13-/m1/s1. The SMILES string of the molecule is COC[C@H]1CN(c2cc(S(=O)(=O)NC3(C#N)CC3)cc3c2ncn3-c2nnc(C(F)F)s2)C[C@@H](C)N1. The molecule has 2 aliphatic rings. The number of imidazole rings is 1. The van der Waals surface area contributed by atoms with Gasteiger partial charge in [0.15, 0.2) is 5.01 Å². The molecule has 0 bridgehead atoms. The van der Waals surface area contributed by atoms with Crippen LogP contribution in [-0.2, 0) is 14.8 Å². The first-order chi connectivity index (χ1) is 17.1. The highest BCUT2D eigenvalue weighted by Gasteiger charge is 2.47. The molecule has 0 radical (unpaired) electrons. The molecule has 2 fully saturated rings. The van der Waals surface area contributed by atoms with Gasteiger partial charge in [0.2, 0.25) is 15.2 Å². The predicted octanol–water partition coefficient (Wildman–Crippen LogP) is 1.96. The number of alkyl halides is 2. The second kappa shape index (κ2) is 9.27. The number of methoxy groups -OCH3 is 1. The van der Waals surface area contributed by atoms with Gasteiger partial charge in [0.1, 0.15) is 17.4 Å². The van der Waals surface area contributed by atoms with Crippen LogP contribution >= 0.6 is 11.3 Å². The molecule has 36 heavy (non-hydrogen) atoms. The van der Waals surface area contributed by atoms with E-state index >= 15 is 0 Å². The minimum Gasteiger partial charge on any atom is -0.383 e. The van der Waals surface area contributed by atoms with Crippen LogP contribution in [0.2, 0.25) is 0 Å². The van der Waals surface area contributed by atoms with Gasteiger partial charge in [-0.25, -0.2) is 22.2 Å². The van der Waals surface area contributed by atoms with E-state index in [2.05, 4.69) is 25.2 Å². The molecule has 1 aromatic carbocycles. The zero-order valence-electron chi connectivity index (χ0n) is 19.5. The first-order valence-electron chi connectivity index (χ1n) is 11.2. The molecular weight excluding hydrogens is 514 g/mol. The van der Waals surface area contributed by atoms with Crippen molar-refractivity contribution >= 4 is 38.1 Å². The van der Waals surface area contributed by atoms with Crippen molar-refractivity contribution < 1.29 is 21.9 Å². The summed E-state index contributed by atoms with van der Waals surface area (Å²) in [7, 11) is -2.46. The van der Waals surface area contributed by atoms with Crippen molar-refractivity contribution in [1.29, 1.82) is 5.26 Å². The minimum atomic E-state index is -4.08. The smallest absolute Gasteiger partial charge is 0.291 e. The maximum atomic E-state index is 13.4. The third-order valence-electron chi connectivity index (χ3n) is 6.20. The third-order valence-corrected chi connectivity index (χ3v) is 8.64. The highest BCUT2D eigenvalue weighted by atomic mass is 32.2. The molecule has 192 valence electrons. The Bertz CT molecular complexity index is 1430. The Morgan fingerprint density at radius 2 is 2.14 bits per heavy atom. The molecule has 15 heteroatoms. The van der Waals surface area contributed by atoms with Gasteiger partial charge >= 0.3 is 0 Å². The summed E-state index contributed by atoms with van der Waals surface area (Å²) in [5.41, 5.74) is 0.337. The number of nitrogens with one attached hydrogen (secondary N) is 2. The lowest BCUT2D eigenvalue weighted by atomic mass is 10.1. The van der Waals surface area contributed by atoms with Gasteiger partial charge in [0, 0.05) is 32.3 Å². The summed E-state index contributed by atoms with van der Waals surface area (Å²) in [6.45, 7) is 3.59. The fraction of sp³-hybridized carbons (Fsp3) is 0.524. The average molecular weight is 539 g/mol. The zero-order chi connectivity index (χ0) is 25.7. The van der Waals surface area contributed by atoms with Gasteiger partial charge in [-0.3, -0.25) is 4.57 Å². The first-order valence-corrected chi connectivity index (χ1v) is 13.5. The number of hydrogen-bond donors (Lipinski definition) is 2. The number of fused-ring (bicyclic) bond motifs is 1. The molecular formula is C21H24F2N8O3S2. The second-order valence-electron chi connectivity index (χ2n) is 9.07. The lowest BCUT2D eigenvalue weighted by Crippen LogP contribution is -2.57. The Morgan fingerprint density at radius 3 is 2.78 bits per heavy atom. The van der Waals surface area contributed by atoms with Crippen molar-refractivity contribution in [2.24, 2.45) is 0 Å². The molecule has 5 rings (SSSR count). The molecule has 1 aliphatic carbocycles. The van der Waals surface area contributed by atoms with Crippen LogP contribution in [0.3, 0.4) is 0 Å². The number of sulfonamides is 1. The fourth-order valence-electron chi connectivity index (χ4n) is 4.39. The summed E-state index contributed by atoms with van der Waals surface area (Å²) in [6, 6.07) is 5.08. The molecule has 11 nitrogen and oxygen atoms in total. The minimum absolute atomic E-state index is 0.000594. The molecule has 1 saturated heterocycles. The predicted molar refractivity (Wildman–Crippen MR) is 128 cm³/mol. The van der Waals surface area contributed by atoms with Crippen molar-refractivity contribution in [2.45, 2.75) is 48.7 Å². The number of anilines is 1. The van der Waals surface area contributed by atoms with E-state index in [1.807, 2.05) is 17.9 Å². The lowest BCUT2D eigenvalue weighted by Gasteiger charge is -2.39. The van der Waals surface area contributed by atoms with Gasteiger partial charge in [0.05, 0.1) is 28.8 Å². The summed E-state index contributed by atoms with van der Waals surface area (Å²) >= 11 is 0.702. The lowest BCUT2D eigenvalue weighted by molar-refractivity contribution is 0.150. The van der Waals surface area contributed by atoms with Crippen LogP contribution < -0.4 is 14.9 Å². The van der Waals surface area contributed by atoms with Crippen molar-refractivity contribution in [2.75, 3.05) is 31.7 Å². The van der Waals surface area contributed by atoms with Crippen molar-refractivity contribution in [3.8, 4) is 11.2 Å². The largest absolute Gasteiger partial charge is 0.383 e. The van der Waals surface area contributed by atoms with Gasteiger partial charge < -0.3 is 15.0 Å². The molecule has 2 atom stereocenters. The summed E-state index contributed by atoms with van der Waals surface area (Å²) in [5.74, 6) is 0. The Labute approximate surface area is 210 Å². The molecule has 0 unspecified atom stereocenters. The fourth-order valence-corrected chi connectivity index (χ4v) is 6.49. The van der Waals surface area contributed by atoms with Gasteiger partial charge in [-0.1, -0.05) is 11.3 Å². The second-order valence-corrected chi connectivity index (χ2v) is 11.7. The van der Waals surface area contributed by atoms with Gasteiger partial charge in [-0.2, -0.15) is 9.98 Å². The molecule has 0 spiro atoms. The summed E-state index contributed by atoms with van der Waals surface area (Å²) in [6.07, 6.45) is -0.484. The monoisotopic (exact) mass is 538 g/mol. The Morgan fingerprint density at radius 1 is 1.36 bits per heavy atom. The van der Waals surface area contributed by atoms with Crippen LogP contribution in [0, 0.1) is 11.3 Å². The summed E-state index contributed by atoms with van der Waals surface area (Å²) in [5, 5.41) is 20.0. The number of nitriles is 1. The maximum absolute atomic E-state index is 13.4. The van der Waals surface area contributed by atoms with Crippen LogP contribution in [0.15, 0.2) is 23.4 Å². The Kier molecular flexibility index (Phi) is 6.41. The van der Waals surface area contributed by atoms with E-state index in [0.717, 1.165) is 0 Å². The molecule has 1 aliphatic heterocycles. The van der Waals surface area contributed by atoms with Gasteiger partial charge in [-0.05, 0) is 31.9 Å². The van der Waals surface area contributed by atoms with E-state index in [-0.39, 0.29) is 22.1 Å². The number of halogens is 2. The number of hydrogen-bond acceptors (Lipinski definition) is 10. The van der Waals surface area contributed by atoms with E-state index in [0.29, 0.717) is 60.6 Å². The number of rotatable bonds is 8. The highest BCUT2D eigenvalue weighted by Crippen LogP contribution is 2.38. The summed E-state index contributed by atoms with van der Waals surface area (Å²) in [4.78, 5) is 6.48. The van der Waals surface area contributed by atoms with E-state index in [1.54, 1.807) is 13.2 Å². The average Bonchev–Trinajstić information content (AvgIpc) is 3.22. The molecule has 2 N–H and O–H groups in total. The van der Waals surface area contributed by atoms with Gasteiger partial charge in [0.25, 0.3) is 6.43 Å². The number of benzene rings is 1. The summed E-state index contributed by atoms with van der Waals surface area (Å²) < 4.78 is 62.3. The van der Waals surface area contributed by atoms with E-state index in [4.69, 9.17) is 4.74 Å². The zero-order valence-corrected chi connectivity index (χ0v) is 21.1. The topological polar surface area (TPSA) is 138 Å². The number of aromatic nitrogens is 4. The van der Waals surface area contributed by atoms with E-state index in [9.17, 15) is 22.5 Å². The van der Waals surface area contributed by atoms with Gasteiger partial charge in [-0.15, -0.1) is 10.2 Å². The van der Waals surface area contributed by atoms with Crippen LogP contribution in [0.5, 0.6) is 0 Å². The highest BCUT2D eigenvalue weighted by molar-refractivity contribution is 7.89. The number of nitrogens with zero attached hydrogens (tertiary/aromatic N) is 6. The van der Waals surface area contributed by atoms with Crippen LogP contribution in [-0.4, -0.2) is 72.6 Å². The van der Waals surface area contributed by atoms with Crippen molar-refractivity contribution in [1.82, 2.24) is 29.8 Å². The molecule has 1 saturated carbocycles. The molecule has 3 aromatic rings. The Hall–Kier alpha value is -2.77. The number of piperazine rings is 1. The molecule has 0 amide bonds.